The number of amides is 1. The minimum atomic E-state index is -0.0573. The van der Waals surface area contributed by atoms with E-state index in [0.29, 0.717) is 25.7 Å². The van der Waals surface area contributed by atoms with E-state index in [9.17, 15) is 4.79 Å². The zero-order valence-electron chi connectivity index (χ0n) is 15.8. The third-order valence-corrected chi connectivity index (χ3v) is 4.36. The molecular formula is C20H32N2O3. The molecule has 0 bridgehead atoms. The molecule has 1 amide bonds. The first kappa shape index (κ1) is 19.6. The van der Waals surface area contributed by atoms with Crippen LogP contribution in [0.2, 0.25) is 0 Å². The minimum Gasteiger partial charge on any atom is -0.490 e. The minimum absolute atomic E-state index is 0.0573. The molecule has 2 unspecified atom stereocenters. The van der Waals surface area contributed by atoms with Crippen molar-refractivity contribution in [2.45, 2.75) is 65.0 Å². The molecule has 2 rings (SSSR count). The molecular weight excluding hydrogens is 316 g/mol. The molecule has 5 nitrogen and oxygen atoms in total. The van der Waals surface area contributed by atoms with Crippen LogP contribution in [0.4, 0.5) is 0 Å². The fourth-order valence-electron chi connectivity index (χ4n) is 2.99. The summed E-state index contributed by atoms with van der Waals surface area (Å²) in [5.74, 6) is 1.62. The summed E-state index contributed by atoms with van der Waals surface area (Å²) >= 11 is 0. The zero-order chi connectivity index (χ0) is 18.1. The first-order valence-electron chi connectivity index (χ1n) is 9.56. The van der Waals surface area contributed by atoms with Crippen molar-refractivity contribution in [3.63, 3.8) is 0 Å². The molecule has 2 atom stereocenters. The van der Waals surface area contributed by atoms with Crippen LogP contribution in [0.1, 0.15) is 64.5 Å². The fraction of sp³-hybridized carbons (Fsp3) is 0.650. The summed E-state index contributed by atoms with van der Waals surface area (Å²) in [5, 5.41) is 6.46. The van der Waals surface area contributed by atoms with Crippen LogP contribution in [0.25, 0.3) is 0 Å². The summed E-state index contributed by atoms with van der Waals surface area (Å²) < 4.78 is 11.6. The van der Waals surface area contributed by atoms with Gasteiger partial charge in [0.05, 0.1) is 19.3 Å². The van der Waals surface area contributed by atoms with Crippen LogP contribution < -0.4 is 20.1 Å². The van der Waals surface area contributed by atoms with E-state index in [1.165, 1.54) is 0 Å². The van der Waals surface area contributed by atoms with Gasteiger partial charge in [-0.3, -0.25) is 4.79 Å². The van der Waals surface area contributed by atoms with Gasteiger partial charge in [-0.1, -0.05) is 19.9 Å². The van der Waals surface area contributed by atoms with Crippen molar-refractivity contribution in [1.82, 2.24) is 10.6 Å². The van der Waals surface area contributed by atoms with Crippen LogP contribution in [0, 0.1) is 0 Å². The lowest BCUT2D eigenvalue weighted by atomic mass is 10.1. The molecule has 0 spiro atoms. The second-order valence-corrected chi connectivity index (χ2v) is 6.69. The molecule has 1 saturated heterocycles. The highest BCUT2D eigenvalue weighted by Gasteiger charge is 2.19. The highest BCUT2D eigenvalue weighted by atomic mass is 16.5. The summed E-state index contributed by atoms with van der Waals surface area (Å²) in [7, 11) is 0. The van der Waals surface area contributed by atoms with Gasteiger partial charge in [0, 0.05) is 12.5 Å². The van der Waals surface area contributed by atoms with Crippen LogP contribution in [0.15, 0.2) is 18.2 Å². The third-order valence-electron chi connectivity index (χ3n) is 4.36. The Morgan fingerprint density at radius 2 is 1.96 bits per heavy atom. The number of hydrogen-bond donors (Lipinski definition) is 2. The Bertz CT molecular complexity index is 542. The largest absolute Gasteiger partial charge is 0.490 e. The molecule has 1 fully saturated rings. The molecule has 1 aromatic carbocycles. The summed E-state index contributed by atoms with van der Waals surface area (Å²) in [6.45, 7) is 8.51. The quantitative estimate of drug-likeness (QED) is 0.678. The van der Waals surface area contributed by atoms with Crippen molar-refractivity contribution in [3.8, 4) is 11.5 Å². The lowest BCUT2D eigenvalue weighted by Crippen LogP contribution is -2.33. The van der Waals surface area contributed by atoms with Crippen molar-refractivity contribution in [2.75, 3.05) is 19.8 Å². The number of hydrogen-bond acceptors (Lipinski definition) is 4. The Hall–Kier alpha value is -1.75. The van der Waals surface area contributed by atoms with Gasteiger partial charge in [-0.2, -0.15) is 0 Å². The topological polar surface area (TPSA) is 59.6 Å². The monoisotopic (exact) mass is 348 g/mol. The Morgan fingerprint density at radius 1 is 1.24 bits per heavy atom. The predicted octanol–water partition coefficient (Wildman–Crippen LogP) is 3.58. The van der Waals surface area contributed by atoms with Crippen LogP contribution in [-0.4, -0.2) is 31.7 Å². The molecule has 1 aliphatic rings. The van der Waals surface area contributed by atoms with Crippen molar-refractivity contribution in [1.29, 1.82) is 0 Å². The lowest BCUT2D eigenvalue weighted by molar-refractivity contribution is -0.122. The summed E-state index contributed by atoms with van der Waals surface area (Å²) in [5.41, 5.74) is 1.03. The summed E-state index contributed by atoms with van der Waals surface area (Å²) in [6, 6.07) is 6.19. The molecule has 1 aliphatic heterocycles. The van der Waals surface area contributed by atoms with E-state index in [1.807, 2.05) is 25.1 Å². The molecule has 0 radical (unpaired) electrons. The van der Waals surface area contributed by atoms with Gasteiger partial charge in [-0.15, -0.1) is 0 Å². The van der Waals surface area contributed by atoms with E-state index in [2.05, 4.69) is 24.5 Å². The number of ether oxygens (including phenoxy) is 2. The van der Waals surface area contributed by atoms with Gasteiger partial charge in [0.1, 0.15) is 0 Å². The van der Waals surface area contributed by atoms with Crippen LogP contribution >= 0.6 is 0 Å². The maximum Gasteiger partial charge on any atom is 0.222 e. The second kappa shape index (κ2) is 10.3. The van der Waals surface area contributed by atoms with Crippen molar-refractivity contribution in [2.24, 2.45) is 0 Å². The Labute approximate surface area is 151 Å². The van der Waals surface area contributed by atoms with Gasteiger partial charge >= 0.3 is 0 Å². The lowest BCUT2D eigenvalue weighted by Gasteiger charge is -2.19. The molecule has 0 aliphatic carbocycles. The average molecular weight is 348 g/mol. The van der Waals surface area contributed by atoms with Gasteiger partial charge in [0.2, 0.25) is 5.91 Å². The molecule has 0 aromatic heterocycles. The van der Waals surface area contributed by atoms with Crippen molar-refractivity contribution < 1.29 is 14.3 Å². The van der Waals surface area contributed by atoms with Gasteiger partial charge in [0.25, 0.3) is 0 Å². The van der Waals surface area contributed by atoms with Gasteiger partial charge < -0.3 is 20.1 Å². The van der Waals surface area contributed by atoms with Crippen LogP contribution in [0.5, 0.6) is 11.5 Å². The van der Waals surface area contributed by atoms with E-state index in [-0.39, 0.29) is 11.9 Å². The van der Waals surface area contributed by atoms with E-state index in [4.69, 9.17) is 9.47 Å². The Morgan fingerprint density at radius 3 is 2.60 bits per heavy atom. The average Bonchev–Trinajstić information content (AvgIpc) is 3.11. The molecule has 1 heterocycles. The first-order valence-corrected chi connectivity index (χ1v) is 9.56. The van der Waals surface area contributed by atoms with E-state index >= 15 is 0 Å². The van der Waals surface area contributed by atoms with Crippen LogP contribution in [-0.2, 0) is 4.79 Å². The molecule has 25 heavy (non-hydrogen) atoms. The maximum absolute atomic E-state index is 12.2. The Balaban J connectivity index is 1.99. The number of rotatable bonds is 10. The number of carbonyl (C=O) groups excluding carboxylic acids is 1. The zero-order valence-corrected chi connectivity index (χ0v) is 15.8. The SMILES string of the molecule is CCCOc1ccc(C(C)NC(=O)CC2CCCN2)cc1OCCC. The van der Waals surface area contributed by atoms with Gasteiger partial charge in [0.15, 0.2) is 11.5 Å². The fourth-order valence-corrected chi connectivity index (χ4v) is 2.99. The molecule has 1 aromatic rings. The molecule has 2 N–H and O–H groups in total. The predicted molar refractivity (Wildman–Crippen MR) is 100 cm³/mol. The Kier molecular flexibility index (Phi) is 8.06. The highest BCUT2D eigenvalue weighted by molar-refractivity contribution is 5.77. The molecule has 5 heteroatoms. The maximum atomic E-state index is 12.2. The van der Waals surface area contributed by atoms with Crippen LogP contribution in [0.3, 0.4) is 0 Å². The van der Waals surface area contributed by atoms with Gasteiger partial charge in [-0.25, -0.2) is 0 Å². The van der Waals surface area contributed by atoms with E-state index in [1.54, 1.807) is 0 Å². The van der Waals surface area contributed by atoms with Crippen molar-refractivity contribution >= 4 is 5.91 Å². The van der Waals surface area contributed by atoms with Crippen molar-refractivity contribution in [3.05, 3.63) is 23.8 Å². The summed E-state index contributed by atoms with van der Waals surface area (Å²) in [6.07, 6.45) is 4.68. The van der Waals surface area contributed by atoms with E-state index in [0.717, 1.165) is 49.3 Å². The highest BCUT2D eigenvalue weighted by Crippen LogP contribution is 2.31. The molecule has 140 valence electrons. The summed E-state index contributed by atoms with van der Waals surface area (Å²) in [4.78, 5) is 12.2. The first-order chi connectivity index (χ1) is 12.1. The normalized spacial score (nSPS) is 18.0. The number of benzene rings is 1. The van der Waals surface area contributed by atoms with E-state index < -0.39 is 0 Å². The third kappa shape index (κ3) is 6.24. The standard InChI is InChI=1S/C20H32N2O3/c1-4-11-24-18-9-8-16(13-19(18)25-12-5-2)15(3)22-20(23)14-17-7-6-10-21-17/h8-9,13,15,17,21H,4-7,10-12,14H2,1-3H3,(H,22,23). The smallest absolute Gasteiger partial charge is 0.222 e. The number of nitrogens with one attached hydrogen (secondary N) is 2. The molecule has 0 saturated carbocycles. The second-order valence-electron chi connectivity index (χ2n) is 6.69. The van der Waals surface area contributed by atoms with Gasteiger partial charge in [-0.05, 0) is 56.8 Å². The number of carbonyl (C=O) groups is 1.